The van der Waals surface area contributed by atoms with Crippen molar-refractivity contribution in [2.45, 2.75) is 25.3 Å². The van der Waals surface area contributed by atoms with E-state index in [1.54, 1.807) is 0 Å². The van der Waals surface area contributed by atoms with Crippen molar-refractivity contribution in [2.75, 3.05) is 0 Å². The van der Waals surface area contributed by atoms with Crippen molar-refractivity contribution >= 4 is 0 Å². The van der Waals surface area contributed by atoms with Crippen molar-refractivity contribution < 1.29 is 0 Å². The van der Waals surface area contributed by atoms with Crippen molar-refractivity contribution in [1.29, 1.82) is 0 Å². The molecule has 1 atom stereocenters. The number of nitrogens with two attached hydrogens (primary N) is 1. The van der Waals surface area contributed by atoms with E-state index < -0.39 is 0 Å². The minimum atomic E-state index is 0.210. The Balaban J connectivity index is 1.76. The van der Waals surface area contributed by atoms with Crippen molar-refractivity contribution in [3.8, 4) is 11.1 Å². The monoisotopic (exact) mass is 237 g/mol. The van der Waals surface area contributed by atoms with Crippen LogP contribution in [-0.4, -0.2) is 0 Å². The standard InChI is InChI=1S/C17H19N/c18-17(12-13-6-7-13)16-10-8-15(9-11-16)14-4-2-1-3-5-14/h1-5,8-11,13,17H,6-7,12,18H2/t17-/m1/s1. The first-order valence-corrected chi connectivity index (χ1v) is 6.74. The van der Waals surface area contributed by atoms with Gasteiger partial charge in [-0.2, -0.15) is 0 Å². The van der Waals surface area contributed by atoms with E-state index in [2.05, 4.69) is 48.5 Å². The predicted molar refractivity (Wildman–Crippen MR) is 76.1 cm³/mol. The summed E-state index contributed by atoms with van der Waals surface area (Å²) in [7, 11) is 0. The molecule has 0 aliphatic heterocycles. The molecule has 0 radical (unpaired) electrons. The summed E-state index contributed by atoms with van der Waals surface area (Å²) in [5.41, 5.74) is 10.0. The van der Waals surface area contributed by atoms with E-state index >= 15 is 0 Å². The Hall–Kier alpha value is -1.60. The van der Waals surface area contributed by atoms with Crippen LogP contribution in [0.4, 0.5) is 0 Å². The quantitative estimate of drug-likeness (QED) is 0.849. The van der Waals surface area contributed by atoms with Crippen molar-refractivity contribution in [2.24, 2.45) is 11.7 Å². The van der Waals surface area contributed by atoms with Gasteiger partial charge >= 0.3 is 0 Å². The first kappa shape index (κ1) is 11.5. The molecule has 1 aliphatic rings. The Kier molecular flexibility index (Phi) is 3.16. The summed E-state index contributed by atoms with van der Waals surface area (Å²) in [6.07, 6.45) is 3.89. The molecule has 1 saturated carbocycles. The van der Waals surface area contributed by atoms with Gasteiger partial charge in [-0.25, -0.2) is 0 Å². The van der Waals surface area contributed by atoms with Gasteiger partial charge in [-0.05, 0) is 29.0 Å². The molecule has 0 heterocycles. The van der Waals surface area contributed by atoms with Gasteiger partial charge in [0.05, 0.1) is 0 Å². The molecule has 1 heteroatoms. The molecule has 1 aliphatic carbocycles. The lowest BCUT2D eigenvalue weighted by Crippen LogP contribution is -2.10. The van der Waals surface area contributed by atoms with Crippen molar-refractivity contribution in [3.05, 3.63) is 60.2 Å². The minimum Gasteiger partial charge on any atom is -0.324 e. The Morgan fingerprint density at radius 1 is 0.889 bits per heavy atom. The SMILES string of the molecule is N[C@H](CC1CC1)c1ccc(-c2ccccc2)cc1. The third-order valence-electron chi connectivity index (χ3n) is 3.73. The highest BCUT2D eigenvalue weighted by Crippen LogP contribution is 2.36. The minimum absolute atomic E-state index is 0.210. The fraction of sp³-hybridized carbons (Fsp3) is 0.294. The van der Waals surface area contributed by atoms with Crippen LogP contribution in [0, 0.1) is 5.92 Å². The number of hydrogen-bond donors (Lipinski definition) is 1. The summed E-state index contributed by atoms with van der Waals surface area (Å²) in [6.45, 7) is 0. The van der Waals surface area contributed by atoms with Gasteiger partial charge in [-0.1, -0.05) is 67.4 Å². The third kappa shape index (κ3) is 2.62. The molecule has 2 aromatic rings. The Bertz CT molecular complexity index is 497. The van der Waals surface area contributed by atoms with Gasteiger partial charge in [0.15, 0.2) is 0 Å². The van der Waals surface area contributed by atoms with E-state index in [9.17, 15) is 0 Å². The molecule has 92 valence electrons. The normalized spacial score (nSPS) is 16.5. The highest BCUT2D eigenvalue weighted by atomic mass is 14.6. The molecular formula is C17H19N. The summed E-state index contributed by atoms with van der Waals surface area (Å²) in [5.74, 6) is 0.883. The van der Waals surface area contributed by atoms with E-state index in [4.69, 9.17) is 5.73 Å². The zero-order valence-electron chi connectivity index (χ0n) is 10.5. The molecule has 0 spiro atoms. The smallest absolute Gasteiger partial charge is 0.0297 e. The lowest BCUT2D eigenvalue weighted by molar-refractivity contribution is 0.597. The number of rotatable bonds is 4. The van der Waals surface area contributed by atoms with E-state index in [0.717, 1.165) is 12.3 Å². The van der Waals surface area contributed by atoms with Gasteiger partial charge in [0, 0.05) is 6.04 Å². The van der Waals surface area contributed by atoms with E-state index in [0.29, 0.717) is 0 Å². The maximum Gasteiger partial charge on any atom is 0.0297 e. The molecule has 2 N–H and O–H groups in total. The molecule has 2 aromatic carbocycles. The second-order valence-corrected chi connectivity index (χ2v) is 5.27. The van der Waals surface area contributed by atoms with Crippen LogP contribution in [0.3, 0.4) is 0 Å². The Labute approximate surface area is 109 Å². The molecule has 3 rings (SSSR count). The lowest BCUT2D eigenvalue weighted by Gasteiger charge is -2.12. The molecule has 0 amide bonds. The number of hydrogen-bond acceptors (Lipinski definition) is 1. The third-order valence-corrected chi connectivity index (χ3v) is 3.73. The maximum atomic E-state index is 6.22. The second kappa shape index (κ2) is 4.95. The van der Waals surface area contributed by atoms with Crippen LogP contribution in [0.15, 0.2) is 54.6 Å². The largest absolute Gasteiger partial charge is 0.324 e. The fourth-order valence-electron chi connectivity index (χ4n) is 2.40. The lowest BCUT2D eigenvalue weighted by atomic mass is 9.98. The van der Waals surface area contributed by atoms with Crippen LogP contribution in [0.1, 0.15) is 30.9 Å². The zero-order valence-corrected chi connectivity index (χ0v) is 10.5. The summed E-state index contributed by atoms with van der Waals surface area (Å²) in [6, 6.07) is 19.4. The Morgan fingerprint density at radius 3 is 2.11 bits per heavy atom. The second-order valence-electron chi connectivity index (χ2n) is 5.27. The van der Waals surface area contributed by atoms with Crippen LogP contribution < -0.4 is 5.73 Å². The Morgan fingerprint density at radius 2 is 1.50 bits per heavy atom. The van der Waals surface area contributed by atoms with Crippen molar-refractivity contribution in [3.63, 3.8) is 0 Å². The van der Waals surface area contributed by atoms with Gasteiger partial charge in [-0.15, -0.1) is 0 Å². The predicted octanol–water partition coefficient (Wildman–Crippen LogP) is 4.15. The molecule has 18 heavy (non-hydrogen) atoms. The molecule has 1 nitrogen and oxygen atoms in total. The fourth-order valence-corrected chi connectivity index (χ4v) is 2.40. The van der Waals surface area contributed by atoms with E-state index in [1.165, 1.54) is 29.5 Å². The van der Waals surface area contributed by atoms with Gasteiger partial charge < -0.3 is 5.73 Å². The van der Waals surface area contributed by atoms with Gasteiger partial charge in [-0.3, -0.25) is 0 Å². The highest BCUT2D eigenvalue weighted by molar-refractivity contribution is 5.63. The summed E-state index contributed by atoms with van der Waals surface area (Å²) in [4.78, 5) is 0. The van der Waals surface area contributed by atoms with E-state index in [-0.39, 0.29) is 6.04 Å². The average Bonchev–Trinajstić information content (AvgIpc) is 3.24. The van der Waals surface area contributed by atoms with Gasteiger partial charge in [0.25, 0.3) is 0 Å². The van der Waals surface area contributed by atoms with E-state index in [1.807, 2.05) is 6.07 Å². The molecule has 0 saturated heterocycles. The first-order chi connectivity index (χ1) is 8.83. The zero-order chi connectivity index (χ0) is 12.4. The molecular weight excluding hydrogens is 218 g/mol. The van der Waals surface area contributed by atoms with Gasteiger partial charge in [0.1, 0.15) is 0 Å². The van der Waals surface area contributed by atoms with Crippen LogP contribution in [0.25, 0.3) is 11.1 Å². The highest BCUT2D eigenvalue weighted by Gasteiger charge is 2.24. The van der Waals surface area contributed by atoms with Crippen LogP contribution >= 0.6 is 0 Å². The molecule has 1 fully saturated rings. The summed E-state index contributed by atoms with van der Waals surface area (Å²) >= 11 is 0. The average molecular weight is 237 g/mol. The topological polar surface area (TPSA) is 26.0 Å². The van der Waals surface area contributed by atoms with Crippen LogP contribution in [0.2, 0.25) is 0 Å². The van der Waals surface area contributed by atoms with Crippen LogP contribution in [-0.2, 0) is 0 Å². The molecule has 0 aromatic heterocycles. The van der Waals surface area contributed by atoms with Crippen LogP contribution in [0.5, 0.6) is 0 Å². The molecule has 0 unspecified atom stereocenters. The molecule has 0 bridgehead atoms. The first-order valence-electron chi connectivity index (χ1n) is 6.74. The van der Waals surface area contributed by atoms with Gasteiger partial charge in [0.2, 0.25) is 0 Å². The van der Waals surface area contributed by atoms with Crippen molar-refractivity contribution in [1.82, 2.24) is 0 Å². The summed E-state index contributed by atoms with van der Waals surface area (Å²) in [5, 5.41) is 0. The number of benzene rings is 2. The summed E-state index contributed by atoms with van der Waals surface area (Å²) < 4.78 is 0. The maximum absolute atomic E-state index is 6.22.